The van der Waals surface area contributed by atoms with E-state index in [4.69, 9.17) is 4.74 Å². The van der Waals surface area contributed by atoms with Crippen LogP contribution in [-0.4, -0.2) is 25.0 Å². The first-order valence-corrected chi connectivity index (χ1v) is 7.59. The van der Waals surface area contributed by atoms with Crippen molar-refractivity contribution in [3.05, 3.63) is 65.7 Å². The molecule has 2 aromatic carbocycles. The van der Waals surface area contributed by atoms with E-state index in [0.29, 0.717) is 12.2 Å². The number of hydrogen-bond acceptors (Lipinski definition) is 3. The lowest BCUT2D eigenvalue weighted by Gasteiger charge is -2.12. The third-order valence-corrected chi connectivity index (χ3v) is 3.76. The first kappa shape index (κ1) is 14.6. The van der Waals surface area contributed by atoms with Crippen molar-refractivity contribution in [3.63, 3.8) is 0 Å². The summed E-state index contributed by atoms with van der Waals surface area (Å²) in [6.07, 6.45) is 0.990. The average molecular weight is 296 g/mol. The molecule has 0 aliphatic carbocycles. The number of nitrogens with one attached hydrogen (secondary N) is 2. The van der Waals surface area contributed by atoms with E-state index in [0.717, 1.165) is 30.8 Å². The third kappa shape index (κ3) is 3.86. The normalized spacial score (nSPS) is 17.2. The van der Waals surface area contributed by atoms with Gasteiger partial charge < -0.3 is 15.4 Å². The van der Waals surface area contributed by atoms with E-state index in [9.17, 15) is 4.79 Å². The van der Waals surface area contributed by atoms with Gasteiger partial charge in [0.1, 0.15) is 12.4 Å². The minimum Gasteiger partial charge on any atom is -0.489 e. The molecule has 22 heavy (non-hydrogen) atoms. The molecule has 1 saturated heterocycles. The number of benzene rings is 2. The van der Waals surface area contributed by atoms with Gasteiger partial charge in [0.15, 0.2) is 0 Å². The molecular weight excluding hydrogens is 276 g/mol. The predicted octanol–water partition coefficient (Wildman–Crippen LogP) is 2.36. The maximum Gasteiger partial charge on any atom is 0.251 e. The van der Waals surface area contributed by atoms with Gasteiger partial charge in [-0.1, -0.05) is 30.3 Å². The van der Waals surface area contributed by atoms with Gasteiger partial charge >= 0.3 is 0 Å². The molecule has 114 valence electrons. The van der Waals surface area contributed by atoms with E-state index in [1.807, 2.05) is 42.5 Å². The summed E-state index contributed by atoms with van der Waals surface area (Å²) in [4.78, 5) is 12.1. The maximum absolute atomic E-state index is 12.1. The monoisotopic (exact) mass is 296 g/mol. The van der Waals surface area contributed by atoms with Gasteiger partial charge in [0, 0.05) is 18.2 Å². The third-order valence-electron chi connectivity index (χ3n) is 3.76. The number of hydrogen-bond donors (Lipinski definition) is 2. The zero-order valence-corrected chi connectivity index (χ0v) is 12.4. The summed E-state index contributed by atoms with van der Waals surface area (Å²) in [6.45, 7) is 2.35. The van der Waals surface area contributed by atoms with Crippen LogP contribution < -0.4 is 15.4 Å². The van der Waals surface area contributed by atoms with E-state index in [2.05, 4.69) is 10.6 Å². The number of ether oxygens (including phenoxy) is 1. The zero-order valence-electron chi connectivity index (χ0n) is 12.4. The molecule has 1 aliphatic heterocycles. The Morgan fingerprint density at radius 2 is 1.91 bits per heavy atom. The Bertz CT molecular complexity index is 605. The summed E-state index contributed by atoms with van der Waals surface area (Å²) in [5.41, 5.74) is 1.79. The summed E-state index contributed by atoms with van der Waals surface area (Å²) in [7, 11) is 0. The molecule has 4 nitrogen and oxygen atoms in total. The van der Waals surface area contributed by atoms with Gasteiger partial charge in [-0.25, -0.2) is 0 Å². The lowest BCUT2D eigenvalue weighted by atomic mass is 10.2. The van der Waals surface area contributed by atoms with Gasteiger partial charge in [0.2, 0.25) is 0 Å². The summed E-state index contributed by atoms with van der Waals surface area (Å²) in [5, 5.41) is 6.27. The first-order valence-electron chi connectivity index (χ1n) is 7.59. The van der Waals surface area contributed by atoms with E-state index in [1.54, 1.807) is 12.1 Å². The van der Waals surface area contributed by atoms with Crippen LogP contribution in [0.4, 0.5) is 0 Å². The number of amides is 1. The number of rotatable bonds is 5. The molecule has 2 aromatic rings. The molecule has 2 N–H and O–H groups in total. The van der Waals surface area contributed by atoms with Crippen LogP contribution >= 0.6 is 0 Å². The molecule has 4 heteroatoms. The maximum atomic E-state index is 12.1. The molecule has 1 atom stereocenters. The Hall–Kier alpha value is -2.33. The fourth-order valence-corrected chi connectivity index (χ4v) is 2.49. The standard InChI is InChI=1S/C18H20N2O2/c21-18(20-16-10-11-19-12-16)15-6-8-17(9-7-15)22-13-14-4-2-1-3-5-14/h1-9,16,19H,10-13H2,(H,20,21). The topological polar surface area (TPSA) is 50.4 Å². The Labute approximate surface area is 130 Å². The minimum atomic E-state index is -0.0247. The van der Waals surface area contributed by atoms with Crippen LogP contribution in [0.2, 0.25) is 0 Å². The van der Waals surface area contributed by atoms with Gasteiger partial charge in [-0.2, -0.15) is 0 Å². The molecular formula is C18H20N2O2. The molecule has 0 aromatic heterocycles. The van der Waals surface area contributed by atoms with Crippen LogP contribution in [0, 0.1) is 0 Å². The number of carbonyl (C=O) groups excluding carboxylic acids is 1. The van der Waals surface area contributed by atoms with Gasteiger partial charge in [-0.3, -0.25) is 4.79 Å². The van der Waals surface area contributed by atoms with Crippen LogP contribution in [0.1, 0.15) is 22.3 Å². The van der Waals surface area contributed by atoms with Gasteiger partial charge in [-0.15, -0.1) is 0 Å². The highest BCUT2D eigenvalue weighted by atomic mass is 16.5. The van der Waals surface area contributed by atoms with Crippen LogP contribution in [0.25, 0.3) is 0 Å². The van der Waals surface area contributed by atoms with Crippen molar-refractivity contribution in [1.29, 1.82) is 0 Å². The quantitative estimate of drug-likeness (QED) is 0.890. The van der Waals surface area contributed by atoms with E-state index < -0.39 is 0 Å². The van der Waals surface area contributed by atoms with Gasteiger partial charge in [-0.05, 0) is 42.8 Å². The van der Waals surface area contributed by atoms with E-state index in [1.165, 1.54) is 0 Å². The molecule has 1 heterocycles. The molecule has 0 spiro atoms. The Kier molecular flexibility index (Phi) is 4.71. The zero-order chi connectivity index (χ0) is 15.2. The molecule has 0 saturated carbocycles. The average Bonchev–Trinajstić information content (AvgIpc) is 3.07. The highest BCUT2D eigenvalue weighted by molar-refractivity contribution is 5.94. The van der Waals surface area contributed by atoms with E-state index in [-0.39, 0.29) is 11.9 Å². The highest BCUT2D eigenvalue weighted by Crippen LogP contribution is 2.14. The SMILES string of the molecule is O=C(NC1CCNC1)c1ccc(OCc2ccccc2)cc1. The molecule has 1 unspecified atom stereocenters. The van der Waals surface area contributed by atoms with Crippen molar-refractivity contribution >= 4 is 5.91 Å². The Balaban J connectivity index is 1.54. The van der Waals surface area contributed by atoms with Gasteiger partial charge in [0.25, 0.3) is 5.91 Å². The summed E-state index contributed by atoms with van der Waals surface area (Å²) < 4.78 is 5.72. The molecule has 1 aliphatic rings. The molecule has 0 bridgehead atoms. The second-order valence-electron chi connectivity index (χ2n) is 5.46. The van der Waals surface area contributed by atoms with Crippen LogP contribution in [-0.2, 0) is 6.61 Å². The van der Waals surface area contributed by atoms with Crippen molar-refractivity contribution < 1.29 is 9.53 Å². The summed E-state index contributed by atoms with van der Waals surface area (Å²) >= 11 is 0. The second-order valence-corrected chi connectivity index (χ2v) is 5.46. The summed E-state index contributed by atoms with van der Waals surface area (Å²) in [6, 6.07) is 17.5. The van der Waals surface area contributed by atoms with Crippen LogP contribution in [0.15, 0.2) is 54.6 Å². The first-order chi connectivity index (χ1) is 10.8. The fourth-order valence-electron chi connectivity index (χ4n) is 2.49. The van der Waals surface area contributed by atoms with Crippen LogP contribution in [0.5, 0.6) is 5.75 Å². The Morgan fingerprint density at radius 3 is 2.59 bits per heavy atom. The van der Waals surface area contributed by atoms with Crippen molar-refractivity contribution in [1.82, 2.24) is 10.6 Å². The molecule has 1 amide bonds. The smallest absolute Gasteiger partial charge is 0.251 e. The summed E-state index contributed by atoms with van der Waals surface area (Å²) in [5.74, 6) is 0.742. The Morgan fingerprint density at radius 1 is 1.14 bits per heavy atom. The highest BCUT2D eigenvalue weighted by Gasteiger charge is 2.17. The molecule has 1 fully saturated rings. The fraction of sp³-hybridized carbons (Fsp3) is 0.278. The van der Waals surface area contributed by atoms with Crippen molar-refractivity contribution in [2.24, 2.45) is 0 Å². The largest absolute Gasteiger partial charge is 0.489 e. The lowest BCUT2D eigenvalue weighted by molar-refractivity contribution is 0.0940. The number of carbonyl (C=O) groups is 1. The van der Waals surface area contributed by atoms with Gasteiger partial charge in [0.05, 0.1) is 0 Å². The molecule has 0 radical (unpaired) electrons. The van der Waals surface area contributed by atoms with Crippen LogP contribution in [0.3, 0.4) is 0 Å². The van der Waals surface area contributed by atoms with E-state index >= 15 is 0 Å². The second kappa shape index (κ2) is 7.09. The van der Waals surface area contributed by atoms with Crippen molar-refractivity contribution in [2.45, 2.75) is 19.1 Å². The van der Waals surface area contributed by atoms with Crippen molar-refractivity contribution in [3.8, 4) is 5.75 Å². The van der Waals surface area contributed by atoms with Crippen molar-refractivity contribution in [2.75, 3.05) is 13.1 Å². The molecule has 3 rings (SSSR count). The minimum absolute atomic E-state index is 0.0247. The predicted molar refractivity (Wildman–Crippen MR) is 86.0 cm³/mol. The lowest BCUT2D eigenvalue weighted by Crippen LogP contribution is -2.36.